The molecule has 1 saturated heterocycles. The van der Waals surface area contributed by atoms with E-state index in [4.69, 9.17) is 0 Å². The van der Waals surface area contributed by atoms with Crippen molar-refractivity contribution in [2.24, 2.45) is 0 Å². The molecule has 90 valence electrons. The molecule has 1 aliphatic rings. The van der Waals surface area contributed by atoms with Crippen LogP contribution in [0.5, 0.6) is 0 Å². The van der Waals surface area contributed by atoms with Crippen molar-refractivity contribution in [3.8, 4) is 0 Å². The average molecular weight is 227 g/mol. The molecule has 0 spiro atoms. The monoisotopic (exact) mass is 227 g/mol. The van der Waals surface area contributed by atoms with Crippen molar-refractivity contribution < 1.29 is 14.4 Å². The van der Waals surface area contributed by atoms with Crippen molar-refractivity contribution in [3.05, 3.63) is 0 Å². The maximum atomic E-state index is 11.9. The maximum absolute atomic E-state index is 11.9. The minimum absolute atomic E-state index is 0.0970. The summed E-state index contributed by atoms with van der Waals surface area (Å²) >= 11 is 0. The lowest BCUT2D eigenvalue weighted by Crippen LogP contribution is -2.67. The predicted octanol–water partition coefficient (Wildman–Crippen LogP) is -0.794. The molecule has 0 aromatic heterocycles. The normalized spacial score (nSPS) is 22.0. The summed E-state index contributed by atoms with van der Waals surface area (Å²) in [5, 5.41) is 3.88. The van der Waals surface area contributed by atoms with Crippen LogP contribution in [0.15, 0.2) is 0 Å². The molecule has 0 radical (unpaired) electrons. The zero-order valence-corrected chi connectivity index (χ0v) is 9.96. The smallest absolute Gasteiger partial charge is 0.259 e. The maximum Gasteiger partial charge on any atom is 0.259 e. The molecule has 6 nitrogen and oxygen atoms in total. The molecule has 0 aromatic rings. The second-order valence-electron chi connectivity index (χ2n) is 4.37. The van der Waals surface area contributed by atoms with Crippen LogP contribution < -0.4 is 10.7 Å². The highest BCUT2D eigenvalue weighted by molar-refractivity contribution is 5.98. The fourth-order valence-corrected chi connectivity index (χ4v) is 1.45. The molecule has 0 saturated carbocycles. The van der Waals surface area contributed by atoms with Crippen LogP contribution in [0.4, 0.5) is 0 Å². The van der Waals surface area contributed by atoms with E-state index in [1.165, 1.54) is 6.92 Å². The summed E-state index contributed by atoms with van der Waals surface area (Å²) in [5.41, 5.74) is 1.41. The standard InChI is InChI=1S/C10H17N3O3/c1-6(14)10(2,3)13-9(16)7(11-4)5-8(15)12-13/h7,11H,5H2,1-4H3,(H,12,15). The molecule has 6 heteroatoms. The van der Waals surface area contributed by atoms with Crippen molar-refractivity contribution in [1.82, 2.24) is 15.8 Å². The van der Waals surface area contributed by atoms with Crippen LogP contribution in [0.25, 0.3) is 0 Å². The number of carbonyl (C=O) groups excluding carboxylic acids is 3. The Hall–Kier alpha value is -1.43. The summed E-state index contributed by atoms with van der Waals surface area (Å²) < 4.78 is 0. The molecule has 0 aliphatic carbocycles. The topological polar surface area (TPSA) is 78.5 Å². The largest absolute Gasteiger partial charge is 0.308 e. The number of Topliss-reactive ketones (excluding diaryl/α,β-unsaturated/α-hetero) is 1. The molecule has 1 aliphatic heterocycles. The number of carbonyl (C=O) groups is 3. The van der Waals surface area contributed by atoms with Crippen molar-refractivity contribution >= 4 is 17.6 Å². The van der Waals surface area contributed by atoms with Gasteiger partial charge in [0, 0.05) is 0 Å². The first-order valence-corrected chi connectivity index (χ1v) is 5.12. The molecule has 2 N–H and O–H groups in total. The minimum atomic E-state index is -1.03. The van der Waals surface area contributed by atoms with Gasteiger partial charge in [0.05, 0.1) is 12.5 Å². The van der Waals surface area contributed by atoms with Crippen LogP contribution in [0, 0.1) is 0 Å². The van der Waals surface area contributed by atoms with Gasteiger partial charge in [0.2, 0.25) is 5.91 Å². The van der Waals surface area contributed by atoms with Crippen molar-refractivity contribution in [3.63, 3.8) is 0 Å². The number of ketones is 1. The van der Waals surface area contributed by atoms with Gasteiger partial charge in [-0.3, -0.25) is 19.8 Å². The molecule has 1 rings (SSSR count). The zero-order chi connectivity index (χ0) is 12.5. The lowest BCUT2D eigenvalue weighted by atomic mass is 9.97. The van der Waals surface area contributed by atoms with Gasteiger partial charge in [-0.1, -0.05) is 0 Å². The van der Waals surface area contributed by atoms with Gasteiger partial charge in [0.1, 0.15) is 5.54 Å². The first-order chi connectivity index (χ1) is 7.30. The Labute approximate surface area is 94.3 Å². The number of nitrogens with one attached hydrogen (secondary N) is 2. The fraction of sp³-hybridized carbons (Fsp3) is 0.700. The summed E-state index contributed by atoms with van der Waals surface area (Å²) in [6.45, 7) is 4.60. The van der Waals surface area contributed by atoms with Crippen LogP contribution in [0.2, 0.25) is 0 Å². The molecule has 0 aromatic carbocycles. The van der Waals surface area contributed by atoms with Gasteiger partial charge >= 0.3 is 0 Å². The Bertz CT molecular complexity index is 338. The summed E-state index contributed by atoms with van der Waals surface area (Å²) in [7, 11) is 1.61. The molecule has 1 heterocycles. The van der Waals surface area contributed by atoms with Crippen molar-refractivity contribution in [2.75, 3.05) is 7.05 Å². The Morgan fingerprint density at radius 3 is 2.50 bits per heavy atom. The first kappa shape index (κ1) is 12.6. The second-order valence-corrected chi connectivity index (χ2v) is 4.37. The summed E-state index contributed by atoms with van der Waals surface area (Å²) in [4.78, 5) is 34.8. The Morgan fingerprint density at radius 2 is 2.06 bits per heavy atom. The third kappa shape index (κ3) is 2.06. The third-order valence-corrected chi connectivity index (χ3v) is 2.91. The van der Waals surface area contributed by atoms with E-state index in [2.05, 4.69) is 10.7 Å². The van der Waals surface area contributed by atoms with E-state index < -0.39 is 11.6 Å². The number of likely N-dealkylation sites (N-methyl/N-ethyl adjacent to an activating group) is 1. The molecule has 2 amide bonds. The Kier molecular flexibility index (Phi) is 3.32. The number of nitrogens with zero attached hydrogens (tertiary/aromatic N) is 1. The number of hydrogen-bond acceptors (Lipinski definition) is 4. The highest BCUT2D eigenvalue weighted by Crippen LogP contribution is 2.18. The van der Waals surface area contributed by atoms with Gasteiger partial charge in [-0.15, -0.1) is 0 Å². The highest BCUT2D eigenvalue weighted by atomic mass is 16.2. The number of hydrazine groups is 1. The number of amides is 2. The van der Waals surface area contributed by atoms with E-state index in [1.807, 2.05) is 0 Å². The lowest BCUT2D eigenvalue weighted by molar-refractivity contribution is -0.160. The van der Waals surface area contributed by atoms with Crippen LogP contribution in [-0.4, -0.2) is 41.2 Å². The van der Waals surface area contributed by atoms with Crippen LogP contribution >= 0.6 is 0 Å². The molecular formula is C10H17N3O3. The highest BCUT2D eigenvalue weighted by Gasteiger charge is 2.42. The van der Waals surface area contributed by atoms with E-state index in [0.29, 0.717) is 0 Å². The average Bonchev–Trinajstić information content (AvgIpc) is 2.20. The van der Waals surface area contributed by atoms with Gasteiger partial charge in [-0.25, -0.2) is 5.01 Å². The second kappa shape index (κ2) is 4.21. The van der Waals surface area contributed by atoms with Gasteiger partial charge < -0.3 is 5.32 Å². The minimum Gasteiger partial charge on any atom is -0.308 e. The predicted molar refractivity (Wildman–Crippen MR) is 57.2 cm³/mol. The van der Waals surface area contributed by atoms with E-state index in [-0.39, 0.29) is 24.0 Å². The fourth-order valence-electron chi connectivity index (χ4n) is 1.45. The third-order valence-electron chi connectivity index (χ3n) is 2.91. The molecule has 0 bridgehead atoms. The van der Waals surface area contributed by atoms with E-state index in [0.717, 1.165) is 5.01 Å². The quantitative estimate of drug-likeness (QED) is 0.662. The van der Waals surface area contributed by atoms with E-state index in [1.54, 1.807) is 20.9 Å². The van der Waals surface area contributed by atoms with E-state index in [9.17, 15) is 14.4 Å². The first-order valence-electron chi connectivity index (χ1n) is 5.12. The van der Waals surface area contributed by atoms with Crippen molar-refractivity contribution in [1.29, 1.82) is 0 Å². The van der Waals surface area contributed by atoms with Crippen LogP contribution in [0.1, 0.15) is 27.2 Å². The van der Waals surface area contributed by atoms with Gasteiger partial charge in [0.25, 0.3) is 5.91 Å². The lowest BCUT2D eigenvalue weighted by Gasteiger charge is -2.41. The summed E-state index contributed by atoms with van der Waals surface area (Å²) in [6, 6.07) is -0.563. The molecule has 1 atom stereocenters. The Morgan fingerprint density at radius 1 is 1.50 bits per heavy atom. The van der Waals surface area contributed by atoms with Crippen LogP contribution in [0.3, 0.4) is 0 Å². The number of rotatable bonds is 3. The Balaban J connectivity index is 2.99. The molecular weight excluding hydrogens is 210 g/mol. The SMILES string of the molecule is CNC1CC(=O)NN(C(C)(C)C(C)=O)C1=O. The van der Waals surface area contributed by atoms with Crippen molar-refractivity contribution in [2.45, 2.75) is 38.8 Å². The summed E-state index contributed by atoms with van der Waals surface area (Å²) in [5.74, 6) is -0.742. The van der Waals surface area contributed by atoms with E-state index >= 15 is 0 Å². The number of hydrogen-bond donors (Lipinski definition) is 2. The van der Waals surface area contributed by atoms with Gasteiger partial charge in [-0.2, -0.15) is 0 Å². The molecule has 1 unspecified atom stereocenters. The summed E-state index contributed by atoms with van der Waals surface area (Å²) in [6.07, 6.45) is 0.0970. The molecule has 1 fully saturated rings. The van der Waals surface area contributed by atoms with Gasteiger partial charge in [0.15, 0.2) is 5.78 Å². The molecule has 16 heavy (non-hydrogen) atoms. The van der Waals surface area contributed by atoms with Gasteiger partial charge in [-0.05, 0) is 27.8 Å². The zero-order valence-electron chi connectivity index (χ0n) is 9.96. The van der Waals surface area contributed by atoms with Crippen LogP contribution in [-0.2, 0) is 14.4 Å².